The largest absolute Gasteiger partial charge is 0.419 e. The summed E-state index contributed by atoms with van der Waals surface area (Å²) in [5, 5.41) is 0. The summed E-state index contributed by atoms with van der Waals surface area (Å²) >= 11 is 0. The van der Waals surface area contributed by atoms with E-state index in [9.17, 15) is 4.79 Å². The van der Waals surface area contributed by atoms with Crippen LogP contribution in [-0.2, 0) is 11.8 Å². The van der Waals surface area contributed by atoms with Gasteiger partial charge in [-0.3, -0.25) is 4.90 Å². The number of carbonyl (C=O) groups excluding carboxylic acids is 1. The molecule has 0 N–H and O–H groups in total. The zero-order valence-electron chi connectivity index (χ0n) is 17.8. The molecule has 5 heteroatoms. The minimum atomic E-state index is -0.396. The van der Waals surface area contributed by atoms with Gasteiger partial charge in [-0.25, -0.2) is 9.78 Å². The van der Waals surface area contributed by atoms with Gasteiger partial charge in [0.15, 0.2) is 0 Å². The second kappa shape index (κ2) is 8.52. The zero-order chi connectivity index (χ0) is 21.0. The van der Waals surface area contributed by atoms with Gasteiger partial charge < -0.3 is 9.30 Å². The first-order valence-electron chi connectivity index (χ1n) is 10.1. The lowest BCUT2D eigenvalue weighted by Crippen LogP contribution is -2.33. The monoisotopic (exact) mass is 391 g/mol. The summed E-state index contributed by atoms with van der Waals surface area (Å²) in [4.78, 5) is 19.1. The molecule has 0 atom stereocenters. The third-order valence-corrected chi connectivity index (χ3v) is 4.77. The Kier molecular flexibility index (Phi) is 6.06. The summed E-state index contributed by atoms with van der Waals surface area (Å²) in [7, 11) is 0. The Morgan fingerprint density at radius 3 is 2.41 bits per heavy atom. The Hall–Kier alpha value is -3.08. The van der Waals surface area contributed by atoms with Crippen molar-refractivity contribution in [2.75, 3.05) is 11.4 Å². The maximum atomic E-state index is 12.7. The molecule has 0 aliphatic rings. The fourth-order valence-corrected chi connectivity index (χ4v) is 3.13. The van der Waals surface area contributed by atoms with Gasteiger partial charge in [0.2, 0.25) is 0 Å². The number of carbonyl (C=O) groups is 1. The van der Waals surface area contributed by atoms with Crippen molar-refractivity contribution in [3.8, 4) is 11.4 Å². The van der Waals surface area contributed by atoms with E-state index in [4.69, 9.17) is 9.72 Å². The van der Waals surface area contributed by atoms with Gasteiger partial charge in [-0.05, 0) is 31.2 Å². The number of ether oxygens (including phenoxy) is 1. The summed E-state index contributed by atoms with van der Waals surface area (Å²) in [5.41, 5.74) is 2.75. The number of rotatable bonds is 5. The van der Waals surface area contributed by atoms with Crippen LogP contribution >= 0.6 is 0 Å². The number of nitrogens with zero attached hydrogens (tertiary/aromatic N) is 3. The Morgan fingerprint density at radius 2 is 1.79 bits per heavy atom. The number of hydrogen-bond donors (Lipinski definition) is 0. The fourth-order valence-electron chi connectivity index (χ4n) is 3.13. The van der Waals surface area contributed by atoms with E-state index in [-0.39, 0.29) is 5.41 Å². The lowest BCUT2D eigenvalue weighted by Gasteiger charge is -2.20. The van der Waals surface area contributed by atoms with Crippen LogP contribution in [0.1, 0.15) is 46.1 Å². The smallest absolute Gasteiger partial charge is 0.410 e. The SMILES string of the molecule is CCc1nc(C(C)(C)C)cn1-c1cccc(OC(=O)N(CC)c2ccccc2)c1. The first-order valence-corrected chi connectivity index (χ1v) is 10.1. The molecular weight excluding hydrogens is 362 g/mol. The van der Waals surface area contributed by atoms with Gasteiger partial charge in [-0.1, -0.05) is 52.0 Å². The van der Waals surface area contributed by atoms with Crippen LogP contribution in [0.2, 0.25) is 0 Å². The topological polar surface area (TPSA) is 47.4 Å². The van der Waals surface area contributed by atoms with Crippen LogP contribution in [0.25, 0.3) is 5.69 Å². The highest BCUT2D eigenvalue weighted by molar-refractivity contribution is 5.89. The number of imidazole rings is 1. The van der Waals surface area contributed by atoms with Gasteiger partial charge >= 0.3 is 6.09 Å². The highest BCUT2D eigenvalue weighted by Gasteiger charge is 2.20. The van der Waals surface area contributed by atoms with Crippen LogP contribution in [0.4, 0.5) is 10.5 Å². The average molecular weight is 392 g/mol. The first-order chi connectivity index (χ1) is 13.8. The van der Waals surface area contributed by atoms with E-state index < -0.39 is 6.09 Å². The Labute approximate surface area is 173 Å². The molecule has 152 valence electrons. The third kappa shape index (κ3) is 4.67. The van der Waals surface area contributed by atoms with Crippen LogP contribution in [-0.4, -0.2) is 22.2 Å². The molecular formula is C24H29N3O2. The molecule has 0 spiro atoms. The summed E-state index contributed by atoms with van der Waals surface area (Å²) in [5.74, 6) is 1.49. The van der Waals surface area contributed by atoms with E-state index in [2.05, 4.69) is 38.5 Å². The van der Waals surface area contributed by atoms with E-state index in [0.29, 0.717) is 12.3 Å². The number of hydrogen-bond acceptors (Lipinski definition) is 3. The molecule has 1 aromatic heterocycles. The van der Waals surface area contributed by atoms with Crippen molar-refractivity contribution in [2.45, 2.75) is 46.5 Å². The molecule has 0 fully saturated rings. The molecule has 0 aliphatic carbocycles. The third-order valence-electron chi connectivity index (χ3n) is 4.77. The minimum Gasteiger partial charge on any atom is -0.410 e. The highest BCUT2D eigenvalue weighted by Crippen LogP contribution is 2.26. The van der Waals surface area contributed by atoms with Crippen LogP contribution in [0.5, 0.6) is 5.75 Å². The number of benzene rings is 2. The molecule has 0 aliphatic heterocycles. The van der Waals surface area contributed by atoms with Gasteiger partial charge in [-0.2, -0.15) is 0 Å². The number of aromatic nitrogens is 2. The van der Waals surface area contributed by atoms with Gasteiger partial charge in [0.25, 0.3) is 0 Å². The summed E-state index contributed by atoms with van der Waals surface area (Å²) < 4.78 is 7.76. The van der Waals surface area contributed by atoms with Crippen LogP contribution in [0.3, 0.4) is 0 Å². The number of aryl methyl sites for hydroxylation is 1. The molecule has 0 bridgehead atoms. The summed E-state index contributed by atoms with van der Waals surface area (Å²) in [6.07, 6.45) is 2.49. The van der Waals surface area contributed by atoms with Crippen molar-refractivity contribution in [3.63, 3.8) is 0 Å². The maximum absolute atomic E-state index is 12.7. The molecule has 0 radical (unpaired) electrons. The fraction of sp³-hybridized carbons (Fsp3) is 0.333. The molecule has 1 heterocycles. The van der Waals surface area contributed by atoms with E-state index in [1.165, 1.54) is 0 Å². The molecule has 29 heavy (non-hydrogen) atoms. The van der Waals surface area contributed by atoms with Crippen molar-refractivity contribution in [3.05, 3.63) is 72.3 Å². The van der Waals surface area contributed by atoms with Crippen molar-refractivity contribution in [1.29, 1.82) is 0 Å². The lowest BCUT2D eigenvalue weighted by atomic mass is 9.93. The van der Waals surface area contributed by atoms with Crippen molar-refractivity contribution in [2.24, 2.45) is 0 Å². The normalized spacial score (nSPS) is 11.3. The van der Waals surface area contributed by atoms with Crippen LogP contribution < -0.4 is 9.64 Å². The minimum absolute atomic E-state index is 0.0312. The van der Waals surface area contributed by atoms with Gasteiger partial charge in [-0.15, -0.1) is 0 Å². The molecule has 0 saturated heterocycles. The van der Waals surface area contributed by atoms with E-state index >= 15 is 0 Å². The maximum Gasteiger partial charge on any atom is 0.419 e. The molecule has 3 aromatic rings. The second-order valence-corrected chi connectivity index (χ2v) is 7.96. The van der Waals surface area contributed by atoms with Crippen molar-refractivity contribution >= 4 is 11.8 Å². The van der Waals surface area contributed by atoms with Gasteiger partial charge in [0, 0.05) is 36.3 Å². The average Bonchev–Trinajstić information content (AvgIpc) is 3.15. The number of para-hydroxylation sites is 1. The molecule has 5 nitrogen and oxygen atoms in total. The molecule has 3 rings (SSSR count). The highest BCUT2D eigenvalue weighted by atomic mass is 16.6. The second-order valence-electron chi connectivity index (χ2n) is 7.96. The standard InChI is InChI=1S/C24H29N3O2/c1-6-22-25-21(24(3,4)5)17-27(22)19-14-11-15-20(16-19)29-23(28)26(7-2)18-12-9-8-10-13-18/h8-17H,6-7H2,1-5H3. The van der Waals surface area contributed by atoms with E-state index in [0.717, 1.165) is 29.3 Å². The summed E-state index contributed by atoms with van der Waals surface area (Å²) in [6.45, 7) is 11.0. The van der Waals surface area contributed by atoms with E-state index in [1.54, 1.807) is 11.0 Å². The quantitative estimate of drug-likeness (QED) is 0.556. The first kappa shape index (κ1) is 20.6. The molecule has 2 aromatic carbocycles. The van der Waals surface area contributed by atoms with Crippen molar-refractivity contribution in [1.82, 2.24) is 9.55 Å². The Morgan fingerprint density at radius 1 is 1.07 bits per heavy atom. The Balaban J connectivity index is 1.87. The molecule has 0 unspecified atom stereocenters. The molecule has 1 amide bonds. The lowest BCUT2D eigenvalue weighted by molar-refractivity contribution is 0.208. The predicted octanol–water partition coefficient (Wildman–Crippen LogP) is 5.76. The van der Waals surface area contributed by atoms with E-state index in [1.807, 2.05) is 55.5 Å². The van der Waals surface area contributed by atoms with Gasteiger partial charge in [0.05, 0.1) is 11.4 Å². The Bertz CT molecular complexity index is 971. The summed E-state index contributed by atoms with van der Waals surface area (Å²) in [6, 6.07) is 17.1. The predicted molar refractivity (Wildman–Crippen MR) is 117 cm³/mol. The van der Waals surface area contributed by atoms with Crippen LogP contribution in [0, 0.1) is 0 Å². The molecule has 0 saturated carbocycles. The van der Waals surface area contributed by atoms with Gasteiger partial charge in [0.1, 0.15) is 11.6 Å². The zero-order valence-corrected chi connectivity index (χ0v) is 17.8. The van der Waals surface area contributed by atoms with Crippen molar-refractivity contribution < 1.29 is 9.53 Å². The number of anilines is 1. The van der Waals surface area contributed by atoms with Crippen LogP contribution in [0.15, 0.2) is 60.8 Å². The number of amides is 1.